The number of aromatic amines is 1. The maximum absolute atomic E-state index is 11.6. The summed E-state index contributed by atoms with van der Waals surface area (Å²) in [7, 11) is 0. The minimum absolute atomic E-state index is 0.00306. The molecule has 0 spiro atoms. The highest BCUT2D eigenvalue weighted by Gasteiger charge is 2.38. The van der Waals surface area contributed by atoms with Gasteiger partial charge in [-0.25, -0.2) is 0 Å². The van der Waals surface area contributed by atoms with Crippen molar-refractivity contribution in [2.75, 3.05) is 0 Å². The lowest BCUT2D eigenvalue weighted by Gasteiger charge is -2.14. The third kappa shape index (κ3) is 2.44. The summed E-state index contributed by atoms with van der Waals surface area (Å²) in [6.07, 6.45) is 6.19. The molecule has 1 fully saturated rings. The van der Waals surface area contributed by atoms with Crippen LogP contribution in [0.5, 0.6) is 0 Å². The van der Waals surface area contributed by atoms with Crippen LogP contribution in [0.3, 0.4) is 0 Å². The fraction of sp³-hybridized carbons (Fsp3) is 0.294. The van der Waals surface area contributed by atoms with Crippen molar-refractivity contribution in [2.45, 2.75) is 24.9 Å². The van der Waals surface area contributed by atoms with Crippen LogP contribution in [0.2, 0.25) is 0 Å². The number of thiophene rings is 1. The molecule has 3 aromatic heterocycles. The number of hydrogen-bond acceptors (Lipinski definition) is 4. The van der Waals surface area contributed by atoms with Crippen LogP contribution in [-0.2, 0) is 4.79 Å². The number of aliphatic hydroxyl groups excluding tert-OH is 1. The molecule has 3 heterocycles. The number of nitrogens with zero attached hydrogens (tertiary/aromatic N) is 1. The molecule has 0 radical (unpaired) electrons. The maximum atomic E-state index is 11.6. The molecule has 0 aliphatic heterocycles. The third-order valence-corrected chi connectivity index (χ3v) is 5.66. The van der Waals surface area contributed by atoms with E-state index in [1.54, 1.807) is 11.3 Å². The van der Waals surface area contributed by atoms with Gasteiger partial charge in [-0.1, -0.05) is 0 Å². The van der Waals surface area contributed by atoms with E-state index in [0.29, 0.717) is 12.8 Å². The predicted molar refractivity (Wildman–Crippen MR) is 90.1 cm³/mol. The summed E-state index contributed by atoms with van der Waals surface area (Å²) in [6.45, 7) is 0. The second-order valence-electron chi connectivity index (χ2n) is 6.11. The van der Waals surface area contributed by atoms with Gasteiger partial charge in [-0.2, -0.15) is 0 Å². The topological polar surface area (TPSA) is 92.0 Å². The predicted octanol–water partition coefficient (Wildman–Crippen LogP) is 2.63. The van der Waals surface area contributed by atoms with Crippen LogP contribution in [0.1, 0.15) is 24.3 Å². The molecule has 6 heteroatoms. The van der Waals surface area contributed by atoms with Gasteiger partial charge in [-0.3, -0.25) is 9.78 Å². The van der Waals surface area contributed by atoms with E-state index in [-0.39, 0.29) is 17.7 Å². The van der Waals surface area contributed by atoms with Gasteiger partial charge in [0.1, 0.15) is 0 Å². The van der Waals surface area contributed by atoms with Crippen LogP contribution in [0.4, 0.5) is 0 Å². The van der Waals surface area contributed by atoms with Crippen molar-refractivity contribution in [1.82, 2.24) is 9.97 Å². The Kier molecular flexibility index (Phi) is 3.43. The molecule has 118 valence electrons. The fourth-order valence-electron chi connectivity index (χ4n) is 3.55. The molecule has 0 unspecified atom stereocenters. The van der Waals surface area contributed by atoms with Crippen molar-refractivity contribution in [1.29, 1.82) is 0 Å². The molecule has 4 N–H and O–H groups in total. The number of fused-ring (bicyclic) bond motifs is 1. The zero-order chi connectivity index (χ0) is 16.0. The van der Waals surface area contributed by atoms with Gasteiger partial charge in [-0.05, 0) is 41.8 Å². The Balaban J connectivity index is 1.72. The first-order valence-electron chi connectivity index (χ1n) is 7.60. The Bertz CT molecular complexity index is 869. The number of aromatic nitrogens is 2. The SMILES string of the molecule is NC(=O)[C@H]1C[C@H](O)C[C@H]1c1csc(-c2cncc3cc[nH]c23)c1. The molecular weight excluding hydrogens is 310 g/mol. The van der Waals surface area contributed by atoms with Crippen LogP contribution in [0.15, 0.2) is 36.1 Å². The van der Waals surface area contributed by atoms with Crippen molar-refractivity contribution in [3.63, 3.8) is 0 Å². The average Bonchev–Trinajstić information content (AvgIpc) is 3.24. The fourth-order valence-corrected chi connectivity index (χ4v) is 4.54. The zero-order valence-corrected chi connectivity index (χ0v) is 13.2. The largest absolute Gasteiger partial charge is 0.393 e. The summed E-state index contributed by atoms with van der Waals surface area (Å²) in [6, 6.07) is 4.09. The molecule has 1 amide bonds. The van der Waals surface area contributed by atoms with Crippen molar-refractivity contribution < 1.29 is 9.90 Å². The molecule has 0 bridgehead atoms. The molecule has 3 aromatic rings. The van der Waals surface area contributed by atoms with Gasteiger partial charge in [0.15, 0.2) is 0 Å². The molecule has 0 aromatic carbocycles. The quantitative estimate of drug-likeness (QED) is 0.690. The van der Waals surface area contributed by atoms with Gasteiger partial charge >= 0.3 is 0 Å². The Hall–Kier alpha value is -2.18. The number of carbonyl (C=O) groups is 1. The van der Waals surface area contributed by atoms with E-state index in [1.807, 2.05) is 24.7 Å². The standard InChI is InChI=1S/C17H17N3O2S/c18-17(22)13-5-11(21)4-12(13)10-3-15(23-8-10)14-7-19-6-9-1-2-20-16(9)14/h1-3,6-8,11-13,20-21H,4-5H2,(H2,18,22)/t11-,12+,13+/m1/s1. The number of nitrogens with two attached hydrogens (primary N) is 1. The molecule has 4 rings (SSSR count). The molecule has 1 saturated carbocycles. The first-order chi connectivity index (χ1) is 11.1. The van der Waals surface area contributed by atoms with Crippen LogP contribution in [-0.4, -0.2) is 27.1 Å². The molecule has 1 aliphatic carbocycles. The number of nitrogens with one attached hydrogen (secondary N) is 1. The Morgan fingerprint density at radius 1 is 1.39 bits per heavy atom. The van der Waals surface area contributed by atoms with Gasteiger partial charge in [0, 0.05) is 40.3 Å². The number of pyridine rings is 1. The van der Waals surface area contributed by atoms with Gasteiger partial charge in [0.05, 0.1) is 11.6 Å². The van der Waals surface area contributed by atoms with Crippen molar-refractivity contribution >= 4 is 28.1 Å². The Labute approximate surface area is 137 Å². The van der Waals surface area contributed by atoms with Gasteiger partial charge in [0.2, 0.25) is 5.91 Å². The molecular formula is C17H17N3O2S. The number of amides is 1. The van der Waals surface area contributed by atoms with E-state index in [1.165, 1.54) is 0 Å². The van der Waals surface area contributed by atoms with Gasteiger partial charge in [-0.15, -0.1) is 11.3 Å². The van der Waals surface area contributed by atoms with E-state index in [0.717, 1.165) is 26.9 Å². The summed E-state index contributed by atoms with van der Waals surface area (Å²) in [5.74, 6) is -0.609. The van der Waals surface area contributed by atoms with E-state index in [9.17, 15) is 9.90 Å². The highest BCUT2D eigenvalue weighted by Crippen LogP contribution is 2.43. The summed E-state index contributed by atoms with van der Waals surface area (Å²) in [5.41, 5.74) is 8.70. The van der Waals surface area contributed by atoms with Crippen molar-refractivity contribution in [3.05, 3.63) is 41.7 Å². The summed E-state index contributed by atoms with van der Waals surface area (Å²) in [5, 5.41) is 13.0. The molecule has 0 saturated heterocycles. The van der Waals surface area contributed by atoms with E-state index >= 15 is 0 Å². The van der Waals surface area contributed by atoms with Crippen LogP contribution < -0.4 is 5.73 Å². The Morgan fingerprint density at radius 3 is 3.09 bits per heavy atom. The first-order valence-corrected chi connectivity index (χ1v) is 8.48. The van der Waals surface area contributed by atoms with Crippen molar-refractivity contribution in [3.8, 4) is 10.4 Å². The highest BCUT2D eigenvalue weighted by atomic mass is 32.1. The second-order valence-corrected chi connectivity index (χ2v) is 7.03. The van der Waals surface area contributed by atoms with Gasteiger partial charge in [0.25, 0.3) is 0 Å². The smallest absolute Gasteiger partial charge is 0.221 e. The van der Waals surface area contributed by atoms with Crippen LogP contribution in [0.25, 0.3) is 21.3 Å². The maximum Gasteiger partial charge on any atom is 0.221 e. The van der Waals surface area contributed by atoms with E-state index in [2.05, 4.69) is 21.4 Å². The lowest BCUT2D eigenvalue weighted by molar-refractivity contribution is -0.122. The first kappa shape index (κ1) is 14.4. The molecule has 1 aliphatic rings. The Morgan fingerprint density at radius 2 is 2.26 bits per heavy atom. The lowest BCUT2D eigenvalue weighted by Crippen LogP contribution is -2.25. The number of carbonyl (C=O) groups excluding carboxylic acids is 1. The lowest BCUT2D eigenvalue weighted by atomic mass is 9.90. The number of rotatable bonds is 3. The number of H-pyrrole nitrogens is 1. The van der Waals surface area contributed by atoms with Crippen LogP contribution >= 0.6 is 11.3 Å². The van der Waals surface area contributed by atoms with E-state index < -0.39 is 6.10 Å². The summed E-state index contributed by atoms with van der Waals surface area (Å²) < 4.78 is 0. The molecule has 3 atom stereocenters. The van der Waals surface area contributed by atoms with E-state index in [4.69, 9.17) is 5.73 Å². The summed E-state index contributed by atoms with van der Waals surface area (Å²) >= 11 is 1.63. The van der Waals surface area contributed by atoms with Gasteiger partial charge < -0.3 is 15.8 Å². The monoisotopic (exact) mass is 327 g/mol. The van der Waals surface area contributed by atoms with Crippen molar-refractivity contribution in [2.24, 2.45) is 11.7 Å². The number of aliphatic hydroxyl groups is 1. The molecule has 5 nitrogen and oxygen atoms in total. The second kappa shape index (κ2) is 5.47. The minimum Gasteiger partial charge on any atom is -0.393 e. The molecule has 23 heavy (non-hydrogen) atoms. The van der Waals surface area contributed by atoms with Crippen LogP contribution in [0, 0.1) is 5.92 Å². The minimum atomic E-state index is -0.450. The number of primary amides is 1. The normalized spacial score (nSPS) is 24.3. The zero-order valence-electron chi connectivity index (χ0n) is 12.4. The summed E-state index contributed by atoms with van der Waals surface area (Å²) in [4.78, 5) is 20.3. The average molecular weight is 327 g/mol. The number of hydrogen-bond donors (Lipinski definition) is 3. The third-order valence-electron chi connectivity index (χ3n) is 4.68. The highest BCUT2D eigenvalue weighted by molar-refractivity contribution is 7.13.